The number of carbonyl (C=O) groups excluding carboxylic acids is 1. The number of amides is 1. The van der Waals surface area contributed by atoms with E-state index in [4.69, 9.17) is 0 Å². The summed E-state index contributed by atoms with van der Waals surface area (Å²) in [5, 5.41) is 3.65. The lowest BCUT2D eigenvalue weighted by Crippen LogP contribution is -2.53. The number of aromatic amines is 1. The lowest BCUT2D eigenvalue weighted by molar-refractivity contribution is -0.121. The Balaban J connectivity index is 1.25. The normalized spacial score (nSPS) is 16.3. The molecule has 3 heterocycles. The first-order chi connectivity index (χ1) is 16.9. The van der Waals surface area contributed by atoms with Crippen LogP contribution in [0.3, 0.4) is 0 Å². The topological polar surface area (TPSA) is 98.4 Å². The molecule has 0 bridgehead atoms. The van der Waals surface area contributed by atoms with Crippen LogP contribution in [0, 0.1) is 0 Å². The number of hydrogen-bond acceptors (Lipinski definition) is 5. The molecule has 1 atom stereocenters. The maximum absolute atomic E-state index is 13.3. The zero-order chi connectivity index (χ0) is 24.4. The van der Waals surface area contributed by atoms with Crippen molar-refractivity contribution in [3.05, 3.63) is 79.1 Å². The number of nitrogens with zero attached hydrogens (tertiary/aromatic N) is 3. The molecule has 180 valence electrons. The summed E-state index contributed by atoms with van der Waals surface area (Å²) < 4.78 is 28.0. The van der Waals surface area contributed by atoms with Crippen molar-refractivity contribution in [3.63, 3.8) is 0 Å². The molecule has 5 rings (SSSR count). The number of anilines is 1. The van der Waals surface area contributed by atoms with Gasteiger partial charge in [-0.3, -0.25) is 9.69 Å². The number of hydrogen-bond donors (Lipinski definition) is 2. The van der Waals surface area contributed by atoms with Gasteiger partial charge >= 0.3 is 0 Å². The lowest BCUT2D eigenvalue weighted by Gasteiger charge is -2.36. The van der Waals surface area contributed by atoms with E-state index in [1.54, 1.807) is 18.3 Å². The van der Waals surface area contributed by atoms with E-state index in [1.807, 2.05) is 66.4 Å². The number of nitrogens with one attached hydrogen (secondary N) is 2. The maximum atomic E-state index is 13.3. The average Bonchev–Trinajstić information content (AvgIpc) is 3.34. The second-order valence-corrected chi connectivity index (χ2v) is 10.5. The highest BCUT2D eigenvalue weighted by Gasteiger charge is 2.33. The van der Waals surface area contributed by atoms with Crippen LogP contribution in [0.15, 0.2) is 84.0 Å². The van der Waals surface area contributed by atoms with Gasteiger partial charge in [-0.1, -0.05) is 48.5 Å². The first-order valence-corrected chi connectivity index (χ1v) is 13.0. The first-order valence-electron chi connectivity index (χ1n) is 11.6. The van der Waals surface area contributed by atoms with Crippen LogP contribution >= 0.6 is 0 Å². The minimum Gasteiger partial charge on any atom is -0.345 e. The quantitative estimate of drug-likeness (QED) is 0.432. The summed E-state index contributed by atoms with van der Waals surface area (Å²) in [6.45, 7) is 3.42. The third-order valence-corrected chi connectivity index (χ3v) is 8.44. The Labute approximate surface area is 204 Å². The van der Waals surface area contributed by atoms with E-state index in [9.17, 15) is 13.2 Å². The molecule has 1 unspecified atom stereocenters. The Morgan fingerprint density at radius 2 is 1.69 bits per heavy atom. The molecule has 2 aromatic carbocycles. The third kappa shape index (κ3) is 4.58. The van der Waals surface area contributed by atoms with Crippen molar-refractivity contribution in [1.29, 1.82) is 0 Å². The molecule has 9 heteroatoms. The van der Waals surface area contributed by atoms with Crippen LogP contribution in [0.4, 0.5) is 5.69 Å². The van der Waals surface area contributed by atoms with Gasteiger partial charge < -0.3 is 10.3 Å². The van der Waals surface area contributed by atoms with E-state index in [1.165, 1.54) is 10.5 Å². The Kier molecular flexibility index (Phi) is 6.38. The van der Waals surface area contributed by atoms with Crippen molar-refractivity contribution in [2.75, 3.05) is 31.5 Å². The highest BCUT2D eigenvalue weighted by molar-refractivity contribution is 7.89. The Morgan fingerprint density at radius 1 is 0.971 bits per heavy atom. The smallest absolute Gasteiger partial charge is 0.245 e. The van der Waals surface area contributed by atoms with Crippen LogP contribution in [-0.4, -0.2) is 65.7 Å². The second-order valence-electron chi connectivity index (χ2n) is 8.57. The fourth-order valence-corrected chi connectivity index (χ4v) is 6.05. The van der Waals surface area contributed by atoms with Crippen molar-refractivity contribution >= 4 is 32.7 Å². The number of sulfonamides is 1. The summed E-state index contributed by atoms with van der Waals surface area (Å²) >= 11 is 0. The zero-order valence-electron chi connectivity index (χ0n) is 19.4. The standard InChI is InChI=1S/C26H27N5O3S/c1-19(26(32)29-23-12-6-5-10-21(23)20-8-3-2-4-9-20)30-14-16-31(17-15-30)35(33,34)24-18-28-25-22(24)11-7-13-27-25/h2-13,18-19H,14-17H2,1H3,(H,27,28)(H,29,32). The number of para-hydroxylation sites is 1. The van der Waals surface area contributed by atoms with Crippen LogP contribution < -0.4 is 5.32 Å². The number of rotatable bonds is 6. The highest BCUT2D eigenvalue weighted by Crippen LogP contribution is 2.28. The number of aromatic nitrogens is 2. The monoisotopic (exact) mass is 489 g/mol. The van der Waals surface area contributed by atoms with E-state index < -0.39 is 16.1 Å². The van der Waals surface area contributed by atoms with Gasteiger partial charge in [0.15, 0.2) is 0 Å². The van der Waals surface area contributed by atoms with Gasteiger partial charge in [0.25, 0.3) is 0 Å². The Bertz CT molecular complexity index is 1440. The molecule has 8 nitrogen and oxygen atoms in total. The highest BCUT2D eigenvalue weighted by atomic mass is 32.2. The van der Waals surface area contributed by atoms with Crippen molar-refractivity contribution in [2.45, 2.75) is 17.9 Å². The molecule has 1 amide bonds. The van der Waals surface area contributed by atoms with E-state index in [2.05, 4.69) is 15.3 Å². The van der Waals surface area contributed by atoms with Crippen LogP contribution in [-0.2, 0) is 14.8 Å². The van der Waals surface area contributed by atoms with Gasteiger partial charge in [0, 0.05) is 55.2 Å². The van der Waals surface area contributed by atoms with Crippen molar-refractivity contribution in [3.8, 4) is 11.1 Å². The molecule has 2 aromatic heterocycles. The van der Waals surface area contributed by atoms with Gasteiger partial charge in [-0.05, 0) is 30.7 Å². The van der Waals surface area contributed by atoms with E-state index in [0.29, 0.717) is 37.2 Å². The molecule has 0 aliphatic carbocycles. The molecule has 2 N–H and O–H groups in total. The molecule has 1 aliphatic heterocycles. The molecule has 0 spiro atoms. The number of benzene rings is 2. The molecule has 0 radical (unpaired) electrons. The summed E-state index contributed by atoms with van der Waals surface area (Å²) in [5.74, 6) is -0.118. The minimum absolute atomic E-state index is 0.118. The van der Waals surface area contributed by atoms with Crippen LogP contribution in [0.5, 0.6) is 0 Å². The third-order valence-electron chi connectivity index (χ3n) is 6.50. The van der Waals surface area contributed by atoms with Crippen molar-refractivity contribution < 1.29 is 13.2 Å². The van der Waals surface area contributed by atoms with Gasteiger partial charge in [-0.15, -0.1) is 0 Å². The summed E-state index contributed by atoms with van der Waals surface area (Å²) in [5.41, 5.74) is 3.29. The summed E-state index contributed by atoms with van der Waals surface area (Å²) in [6.07, 6.45) is 3.12. The number of carbonyl (C=O) groups is 1. The number of pyridine rings is 1. The number of piperazine rings is 1. The molecule has 4 aromatic rings. The van der Waals surface area contributed by atoms with Gasteiger partial charge in [0.1, 0.15) is 10.5 Å². The first kappa shape index (κ1) is 23.2. The maximum Gasteiger partial charge on any atom is 0.245 e. The molecular formula is C26H27N5O3S. The second kappa shape index (κ2) is 9.61. The van der Waals surface area contributed by atoms with E-state index in [-0.39, 0.29) is 10.8 Å². The molecule has 1 fully saturated rings. The molecular weight excluding hydrogens is 462 g/mol. The largest absolute Gasteiger partial charge is 0.345 e. The fraction of sp³-hybridized carbons (Fsp3) is 0.231. The molecule has 35 heavy (non-hydrogen) atoms. The lowest BCUT2D eigenvalue weighted by atomic mass is 10.0. The van der Waals surface area contributed by atoms with Gasteiger partial charge in [-0.2, -0.15) is 4.31 Å². The summed E-state index contributed by atoms with van der Waals surface area (Å²) in [6, 6.07) is 20.7. The zero-order valence-corrected chi connectivity index (χ0v) is 20.2. The minimum atomic E-state index is -3.66. The van der Waals surface area contributed by atoms with E-state index in [0.717, 1.165) is 16.8 Å². The summed E-state index contributed by atoms with van der Waals surface area (Å²) in [4.78, 5) is 22.5. The van der Waals surface area contributed by atoms with Crippen molar-refractivity contribution in [1.82, 2.24) is 19.2 Å². The van der Waals surface area contributed by atoms with Gasteiger partial charge in [0.2, 0.25) is 15.9 Å². The fourth-order valence-electron chi connectivity index (χ4n) is 4.48. The van der Waals surface area contributed by atoms with Crippen LogP contribution in [0.1, 0.15) is 6.92 Å². The molecule has 0 saturated carbocycles. The Morgan fingerprint density at radius 3 is 2.46 bits per heavy atom. The predicted molar refractivity (Wildman–Crippen MR) is 136 cm³/mol. The van der Waals surface area contributed by atoms with Gasteiger partial charge in [-0.25, -0.2) is 13.4 Å². The van der Waals surface area contributed by atoms with E-state index >= 15 is 0 Å². The van der Waals surface area contributed by atoms with Crippen LogP contribution in [0.2, 0.25) is 0 Å². The van der Waals surface area contributed by atoms with Crippen LogP contribution in [0.25, 0.3) is 22.2 Å². The molecule has 1 aliphatic rings. The SMILES string of the molecule is CC(C(=O)Nc1ccccc1-c1ccccc1)N1CCN(S(=O)(=O)c2c[nH]c3ncccc23)CC1. The van der Waals surface area contributed by atoms with Gasteiger partial charge in [0.05, 0.1) is 6.04 Å². The van der Waals surface area contributed by atoms with Crippen molar-refractivity contribution in [2.24, 2.45) is 0 Å². The predicted octanol–water partition coefficient (Wildman–Crippen LogP) is 3.56. The average molecular weight is 490 g/mol. The number of H-pyrrole nitrogens is 1. The summed E-state index contributed by atoms with van der Waals surface area (Å²) in [7, 11) is -3.66. The molecule has 1 saturated heterocycles. The number of fused-ring (bicyclic) bond motifs is 1. The Hall–Kier alpha value is -3.53.